The largest absolute Gasteiger partial charge is 0.380 e. The van der Waals surface area contributed by atoms with Crippen LogP contribution in [0.2, 0.25) is 5.02 Å². The molecule has 0 unspecified atom stereocenters. The van der Waals surface area contributed by atoms with Crippen LogP contribution >= 0.6 is 11.6 Å². The molecule has 2 N–H and O–H groups in total. The van der Waals surface area contributed by atoms with Crippen LogP contribution in [-0.4, -0.2) is 7.11 Å². The normalized spacial score (nSPS) is 10.2. The predicted molar refractivity (Wildman–Crippen MR) is 50.1 cm³/mol. The minimum absolute atomic E-state index is 0.457. The average Bonchev–Trinajstić information content (AvgIpc) is 2.05. The number of benzene rings is 1. The topological polar surface area (TPSA) is 35.2 Å². The van der Waals surface area contributed by atoms with E-state index in [4.69, 9.17) is 22.1 Å². The molecule has 0 amide bonds. The van der Waals surface area contributed by atoms with E-state index in [2.05, 4.69) is 0 Å². The molecule has 0 spiro atoms. The second kappa shape index (κ2) is 4.45. The first-order valence-corrected chi connectivity index (χ1v) is 4.12. The van der Waals surface area contributed by atoms with E-state index < -0.39 is 0 Å². The summed E-state index contributed by atoms with van der Waals surface area (Å²) in [4.78, 5) is 0. The van der Waals surface area contributed by atoms with E-state index in [1.807, 2.05) is 18.2 Å². The molecule has 0 saturated heterocycles. The lowest BCUT2D eigenvalue weighted by molar-refractivity contribution is 0.184. The molecule has 1 aromatic rings. The highest BCUT2D eigenvalue weighted by atomic mass is 35.5. The molecule has 0 fully saturated rings. The van der Waals surface area contributed by atoms with Gasteiger partial charge in [0.05, 0.1) is 6.61 Å². The fraction of sp³-hybridized carbons (Fsp3) is 0.333. The SMILES string of the molecule is COCc1cccc(Cl)c1CN. The van der Waals surface area contributed by atoms with Gasteiger partial charge in [0.15, 0.2) is 0 Å². The Labute approximate surface area is 77.3 Å². The molecule has 0 radical (unpaired) electrons. The number of hydrogen-bond donors (Lipinski definition) is 1. The summed E-state index contributed by atoms with van der Waals surface area (Å²) in [6.45, 7) is 1.02. The maximum atomic E-state index is 5.93. The molecule has 0 aliphatic heterocycles. The zero-order valence-corrected chi connectivity index (χ0v) is 7.77. The third-order valence-electron chi connectivity index (χ3n) is 1.72. The Bertz CT molecular complexity index is 263. The van der Waals surface area contributed by atoms with E-state index in [9.17, 15) is 0 Å². The third kappa shape index (κ3) is 1.97. The second-order valence-electron chi connectivity index (χ2n) is 2.51. The Morgan fingerprint density at radius 2 is 2.25 bits per heavy atom. The summed E-state index contributed by atoms with van der Waals surface area (Å²) < 4.78 is 5.01. The highest BCUT2D eigenvalue weighted by Gasteiger charge is 2.03. The lowest BCUT2D eigenvalue weighted by Gasteiger charge is -2.07. The number of methoxy groups -OCH3 is 1. The maximum Gasteiger partial charge on any atom is 0.0716 e. The van der Waals surface area contributed by atoms with Crippen LogP contribution < -0.4 is 5.73 Å². The van der Waals surface area contributed by atoms with Gasteiger partial charge in [-0.15, -0.1) is 0 Å². The molecule has 0 saturated carbocycles. The van der Waals surface area contributed by atoms with Gasteiger partial charge in [-0.2, -0.15) is 0 Å². The molecule has 3 heteroatoms. The smallest absolute Gasteiger partial charge is 0.0716 e. The number of ether oxygens (including phenoxy) is 1. The van der Waals surface area contributed by atoms with Crippen LogP contribution in [0.4, 0.5) is 0 Å². The van der Waals surface area contributed by atoms with Gasteiger partial charge in [-0.1, -0.05) is 23.7 Å². The lowest BCUT2D eigenvalue weighted by Crippen LogP contribution is -2.03. The van der Waals surface area contributed by atoms with Crippen LogP contribution in [0.3, 0.4) is 0 Å². The van der Waals surface area contributed by atoms with Crippen molar-refractivity contribution in [3.63, 3.8) is 0 Å². The van der Waals surface area contributed by atoms with E-state index in [1.165, 1.54) is 0 Å². The molecule has 0 aliphatic carbocycles. The number of nitrogens with two attached hydrogens (primary N) is 1. The molecule has 0 heterocycles. The molecule has 0 aromatic heterocycles. The van der Waals surface area contributed by atoms with E-state index in [0.717, 1.165) is 11.1 Å². The predicted octanol–water partition coefficient (Wildman–Crippen LogP) is 1.95. The van der Waals surface area contributed by atoms with E-state index >= 15 is 0 Å². The number of hydrogen-bond acceptors (Lipinski definition) is 2. The molecular formula is C9H12ClNO. The van der Waals surface area contributed by atoms with Gasteiger partial charge < -0.3 is 10.5 Å². The van der Waals surface area contributed by atoms with Crippen LogP contribution in [0.15, 0.2) is 18.2 Å². The molecule has 0 aliphatic rings. The quantitative estimate of drug-likeness (QED) is 0.781. The van der Waals surface area contributed by atoms with Crippen LogP contribution in [0.25, 0.3) is 0 Å². The lowest BCUT2D eigenvalue weighted by atomic mass is 10.1. The highest BCUT2D eigenvalue weighted by Crippen LogP contribution is 2.19. The fourth-order valence-electron chi connectivity index (χ4n) is 1.12. The third-order valence-corrected chi connectivity index (χ3v) is 2.07. The standard InChI is InChI=1S/C9H12ClNO/c1-12-6-7-3-2-4-9(10)8(7)5-11/h2-4H,5-6,11H2,1H3. The van der Waals surface area contributed by atoms with Gasteiger partial charge in [-0.25, -0.2) is 0 Å². The summed E-state index contributed by atoms with van der Waals surface area (Å²) in [5.74, 6) is 0. The zero-order valence-electron chi connectivity index (χ0n) is 7.01. The van der Waals surface area contributed by atoms with Crippen molar-refractivity contribution in [1.29, 1.82) is 0 Å². The van der Waals surface area contributed by atoms with Gasteiger partial charge in [-0.05, 0) is 17.2 Å². The van der Waals surface area contributed by atoms with Gasteiger partial charge in [-0.3, -0.25) is 0 Å². The Morgan fingerprint density at radius 3 is 2.83 bits per heavy atom. The Morgan fingerprint density at radius 1 is 1.50 bits per heavy atom. The molecule has 1 aromatic carbocycles. The van der Waals surface area contributed by atoms with Gasteiger partial charge in [0.1, 0.15) is 0 Å². The van der Waals surface area contributed by atoms with E-state index in [1.54, 1.807) is 7.11 Å². The van der Waals surface area contributed by atoms with Crippen molar-refractivity contribution in [2.75, 3.05) is 7.11 Å². The Balaban J connectivity index is 3.00. The van der Waals surface area contributed by atoms with Crippen molar-refractivity contribution in [3.05, 3.63) is 34.3 Å². The number of halogens is 1. The molecule has 66 valence electrons. The maximum absolute atomic E-state index is 5.93. The average molecular weight is 186 g/mol. The summed E-state index contributed by atoms with van der Waals surface area (Å²) in [5.41, 5.74) is 7.58. The summed E-state index contributed by atoms with van der Waals surface area (Å²) in [6.07, 6.45) is 0. The molecule has 0 atom stereocenters. The fourth-order valence-corrected chi connectivity index (χ4v) is 1.39. The molecular weight excluding hydrogens is 174 g/mol. The summed E-state index contributed by atoms with van der Waals surface area (Å²) >= 11 is 5.93. The molecule has 1 rings (SSSR count). The minimum atomic E-state index is 0.457. The van der Waals surface area contributed by atoms with E-state index in [-0.39, 0.29) is 0 Å². The van der Waals surface area contributed by atoms with Gasteiger partial charge >= 0.3 is 0 Å². The van der Waals surface area contributed by atoms with Crippen molar-refractivity contribution in [2.45, 2.75) is 13.2 Å². The van der Waals surface area contributed by atoms with Gasteiger partial charge in [0.2, 0.25) is 0 Å². The van der Waals surface area contributed by atoms with Crippen molar-refractivity contribution in [1.82, 2.24) is 0 Å². The first-order valence-electron chi connectivity index (χ1n) is 3.75. The van der Waals surface area contributed by atoms with Crippen LogP contribution in [0.1, 0.15) is 11.1 Å². The Kier molecular flexibility index (Phi) is 3.53. The van der Waals surface area contributed by atoms with Crippen LogP contribution in [0.5, 0.6) is 0 Å². The van der Waals surface area contributed by atoms with Crippen molar-refractivity contribution >= 4 is 11.6 Å². The summed E-state index contributed by atoms with van der Waals surface area (Å²) in [5, 5.41) is 0.715. The van der Waals surface area contributed by atoms with Crippen LogP contribution in [-0.2, 0) is 17.9 Å². The minimum Gasteiger partial charge on any atom is -0.380 e. The van der Waals surface area contributed by atoms with Crippen molar-refractivity contribution in [3.8, 4) is 0 Å². The second-order valence-corrected chi connectivity index (χ2v) is 2.92. The summed E-state index contributed by atoms with van der Waals surface area (Å²) in [6, 6.07) is 5.70. The van der Waals surface area contributed by atoms with Crippen molar-refractivity contribution < 1.29 is 4.74 Å². The molecule has 12 heavy (non-hydrogen) atoms. The van der Waals surface area contributed by atoms with Crippen molar-refractivity contribution in [2.24, 2.45) is 5.73 Å². The molecule has 0 bridgehead atoms. The van der Waals surface area contributed by atoms with Gasteiger partial charge in [0.25, 0.3) is 0 Å². The summed E-state index contributed by atoms with van der Waals surface area (Å²) in [7, 11) is 1.65. The van der Waals surface area contributed by atoms with Crippen LogP contribution in [0, 0.1) is 0 Å². The first kappa shape index (κ1) is 9.52. The monoisotopic (exact) mass is 185 g/mol. The molecule has 2 nitrogen and oxygen atoms in total. The number of rotatable bonds is 3. The highest BCUT2D eigenvalue weighted by molar-refractivity contribution is 6.31. The van der Waals surface area contributed by atoms with Gasteiger partial charge in [0, 0.05) is 18.7 Å². The first-order chi connectivity index (χ1) is 5.79. The van der Waals surface area contributed by atoms with E-state index in [0.29, 0.717) is 18.2 Å². The Hall–Kier alpha value is -0.570. The zero-order chi connectivity index (χ0) is 8.97.